The van der Waals surface area contributed by atoms with Crippen molar-refractivity contribution in [2.45, 2.75) is 19.4 Å². The van der Waals surface area contributed by atoms with Gasteiger partial charge in [0.15, 0.2) is 6.10 Å². The Hall–Kier alpha value is -2.26. The zero-order valence-electron chi connectivity index (χ0n) is 16.4. The molecule has 0 saturated carbocycles. The Labute approximate surface area is 178 Å². The van der Waals surface area contributed by atoms with Crippen LogP contribution in [0.25, 0.3) is 0 Å². The molecule has 1 aliphatic heterocycles. The Morgan fingerprint density at radius 2 is 2.00 bits per heavy atom. The van der Waals surface area contributed by atoms with Crippen LogP contribution >= 0.6 is 15.9 Å². The Kier molecular flexibility index (Phi) is 7.76. The second kappa shape index (κ2) is 10.5. The number of carbonyl (C=O) groups is 1. The van der Waals surface area contributed by atoms with E-state index in [1.165, 1.54) is 18.2 Å². The number of benzene rings is 1. The van der Waals surface area contributed by atoms with E-state index in [0.717, 1.165) is 45.1 Å². The zero-order chi connectivity index (χ0) is 20.6. The molecule has 1 atom stereocenters. The first-order chi connectivity index (χ1) is 14.0. The molecule has 0 radical (unpaired) electrons. The lowest BCUT2D eigenvalue weighted by Gasteiger charge is -2.34. The molecule has 0 aliphatic carbocycles. The average Bonchev–Trinajstić information content (AvgIpc) is 2.74. The maximum absolute atomic E-state index is 13.1. The smallest absolute Gasteiger partial charge is 0.260 e. The van der Waals surface area contributed by atoms with E-state index < -0.39 is 6.10 Å². The summed E-state index contributed by atoms with van der Waals surface area (Å²) < 4.78 is 19.2. The summed E-state index contributed by atoms with van der Waals surface area (Å²) in [7, 11) is 0. The van der Waals surface area contributed by atoms with Crippen molar-refractivity contribution >= 4 is 27.8 Å². The molecule has 156 valence electrons. The summed E-state index contributed by atoms with van der Waals surface area (Å²) in [5, 5.41) is 2.90. The van der Waals surface area contributed by atoms with Gasteiger partial charge in [-0.05, 0) is 60.1 Å². The van der Waals surface area contributed by atoms with Crippen molar-refractivity contribution in [2.75, 3.05) is 44.2 Å². The number of nitrogens with one attached hydrogen (secondary N) is 1. The molecule has 1 aromatic carbocycles. The van der Waals surface area contributed by atoms with Crippen LogP contribution in [0, 0.1) is 5.82 Å². The summed E-state index contributed by atoms with van der Waals surface area (Å²) in [5.74, 6) is 0.668. The van der Waals surface area contributed by atoms with Gasteiger partial charge >= 0.3 is 0 Å². The van der Waals surface area contributed by atoms with Crippen LogP contribution in [0.3, 0.4) is 0 Å². The van der Waals surface area contributed by atoms with E-state index >= 15 is 0 Å². The Morgan fingerprint density at radius 3 is 2.69 bits per heavy atom. The molecule has 1 fully saturated rings. The number of aromatic nitrogens is 2. The molecule has 3 rings (SSSR count). The summed E-state index contributed by atoms with van der Waals surface area (Å²) in [6.45, 7) is 6.87. The van der Waals surface area contributed by atoms with Crippen LogP contribution in [-0.2, 0) is 4.79 Å². The SMILES string of the molecule is CC(Oc1ccc(F)cc1Br)C(=O)NCCCN1CCN(c2ncccn2)CC1. The van der Waals surface area contributed by atoms with E-state index in [0.29, 0.717) is 16.8 Å². The molecule has 2 heterocycles. The minimum Gasteiger partial charge on any atom is -0.480 e. The van der Waals surface area contributed by atoms with Crippen molar-refractivity contribution in [3.63, 3.8) is 0 Å². The molecular weight excluding hydrogens is 441 g/mol. The maximum atomic E-state index is 13.1. The minimum atomic E-state index is -0.661. The van der Waals surface area contributed by atoms with Gasteiger partial charge in [0.2, 0.25) is 5.95 Å². The predicted octanol–water partition coefficient (Wildman–Crippen LogP) is 2.47. The van der Waals surface area contributed by atoms with Crippen LogP contribution in [0.5, 0.6) is 5.75 Å². The van der Waals surface area contributed by atoms with E-state index in [1.54, 1.807) is 19.3 Å². The lowest BCUT2D eigenvalue weighted by Crippen LogP contribution is -2.47. The summed E-state index contributed by atoms with van der Waals surface area (Å²) >= 11 is 3.24. The first-order valence-electron chi connectivity index (χ1n) is 9.66. The first-order valence-corrected chi connectivity index (χ1v) is 10.5. The van der Waals surface area contributed by atoms with E-state index in [9.17, 15) is 9.18 Å². The third kappa shape index (κ3) is 6.37. The van der Waals surface area contributed by atoms with Gasteiger partial charge < -0.3 is 15.0 Å². The monoisotopic (exact) mass is 465 g/mol. The molecule has 2 aromatic rings. The molecule has 0 bridgehead atoms. The second-order valence-corrected chi connectivity index (χ2v) is 7.71. The Morgan fingerprint density at radius 1 is 1.28 bits per heavy atom. The van der Waals surface area contributed by atoms with Crippen LogP contribution in [-0.4, -0.2) is 66.1 Å². The van der Waals surface area contributed by atoms with Crippen LogP contribution in [0.2, 0.25) is 0 Å². The largest absolute Gasteiger partial charge is 0.480 e. The van der Waals surface area contributed by atoms with Gasteiger partial charge in [-0.1, -0.05) is 0 Å². The van der Waals surface area contributed by atoms with Gasteiger partial charge in [0.25, 0.3) is 5.91 Å². The minimum absolute atomic E-state index is 0.188. The van der Waals surface area contributed by atoms with E-state index in [1.807, 2.05) is 6.07 Å². The highest BCUT2D eigenvalue weighted by atomic mass is 79.9. The maximum Gasteiger partial charge on any atom is 0.260 e. The molecule has 1 unspecified atom stereocenters. The molecule has 1 amide bonds. The van der Waals surface area contributed by atoms with E-state index in [-0.39, 0.29) is 11.7 Å². The number of anilines is 1. The van der Waals surface area contributed by atoms with Gasteiger partial charge in [-0.2, -0.15) is 0 Å². The quantitative estimate of drug-likeness (QED) is 0.603. The van der Waals surface area contributed by atoms with Crippen molar-refractivity contribution in [3.8, 4) is 5.75 Å². The number of hydrogen-bond donors (Lipinski definition) is 1. The van der Waals surface area contributed by atoms with Crippen molar-refractivity contribution in [1.82, 2.24) is 20.2 Å². The van der Waals surface area contributed by atoms with Gasteiger partial charge in [0.05, 0.1) is 4.47 Å². The van der Waals surface area contributed by atoms with Crippen molar-refractivity contribution < 1.29 is 13.9 Å². The van der Waals surface area contributed by atoms with Crippen LogP contribution in [0.4, 0.5) is 10.3 Å². The number of nitrogens with zero attached hydrogens (tertiary/aromatic N) is 4. The van der Waals surface area contributed by atoms with Gasteiger partial charge in [-0.15, -0.1) is 0 Å². The number of hydrogen-bond acceptors (Lipinski definition) is 6. The standard InChI is InChI=1S/C20H25BrFN5O2/c1-15(29-18-5-4-16(22)14-17(18)21)19(28)23-8-3-9-26-10-12-27(13-11-26)20-24-6-2-7-25-20/h2,4-7,14-15H,3,8-13H2,1H3,(H,23,28). The lowest BCUT2D eigenvalue weighted by molar-refractivity contribution is -0.127. The van der Waals surface area contributed by atoms with Gasteiger partial charge in [0, 0.05) is 45.1 Å². The topological polar surface area (TPSA) is 70.6 Å². The molecule has 29 heavy (non-hydrogen) atoms. The van der Waals surface area contributed by atoms with E-state index in [4.69, 9.17) is 4.74 Å². The number of amides is 1. The molecule has 1 N–H and O–H groups in total. The number of rotatable bonds is 8. The fraction of sp³-hybridized carbons (Fsp3) is 0.450. The second-order valence-electron chi connectivity index (χ2n) is 6.86. The molecule has 9 heteroatoms. The lowest BCUT2D eigenvalue weighted by atomic mass is 10.3. The predicted molar refractivity (Wildman–Crippen MR) is 113 cm³/mol. The van der Waals surface area contributed by atoms with Crippen LogP contribution < -0.4 is 15.0 Å². The number of carbonyl (C=O) groups excluding carboxylic acids is 1. The highest BCUT2D eigenvalue weighted by molar-refractivity contribution is 9.10. The van der Waals surface area contributed by atoms with Gasteiger partial charge in [0.1, 0.15) is 11.6 Å². The Bertz CT molecular complexity index is 803. The Balaban J connectivity index is 1.32. The van der Waals surface area contributed by atoms with Crippen molar-refractivity contribution in [1.29, 1.82) is 0 Å². The molecule has 0 spiro atoms. The summed E-state index contributed by atoms with van der Waals surface area (Å²) in [5.41, 5.74) is 0. The fourth-order valence-electron chi connectivity index (χ4n) is 3.10. The van der Waals surface area contributed by atoms with Gasteiger partial charge in [-0.3, -0.25) is 9.69 Å². The summed E-state index contributed by atoms with van der Waals surface area (Å²) in [6, 6.07) is 5.93. The highest BCUT2D eigenvalue weighted by Crippen LogP contribution is 2.26. The first kappa shape index (κ1) is 21.4. The number of piperazine rings is 1. The molecule has 1 saturated heterocycles. The summed E-state index contributed by atoms with van der Waals surface area (Å²) in [6.07, 6.45) is 3.72. The molecule has 1 aromatic heterocycles. The van der Waals surface area contributed by atoms with Crippen LogP contribution in [0.15, 0.2) is 41.1 Å². The third-order valence-electron chi connectivity index (χ3n) is 4.72. The van der Waals surface area contributed by atoms with Crippen molar-refractivity contribution in [3.05, 3.63) is 46.9 Å². The number of ether oxygens (including phenoxy) is 1. The molecular formula is C20H25BrFN5O2. The normalized spacial score (nSPS) is 15.8. The fourth-order valence-corrected chi connectivity index (χ4v) is 3.54. The van der Waals surface area contributed by atoms with E-state index in [2.05, 4.69) is 41.0 Å². The molecule has 1 aliphatic rings. The molecule has 7 nitrogen and oxygen atoms in total. The van der Waals surface area contributed by atoms with Crippen LogP contribution in [0.1, 0.15) is 13.3 Å². The zero-order valence-corrected chi connectivity index (χ0v) is 17.9. The average molecular weight is 466 g/mol. The van der Waals surface area contributed by atoms with Crippen molar-refractivity contribution in [2.24, 2.45) is 0 Å². The third-order valence-corrected chi connectivity index (χ3v) is 5.34. The summed E-state index contributed by atoms with van der Waals surface area (Å²) in [4.78, 5) is 25.4. The van der Waals surface area contributed by atoms with Gasteiger partial charge in [-0.25, -0.2) is 14.4 Å². The highest BCUT2D eigenvalue weighted by Gasteiger charge is 2.19. The number of halogens is 2.